The molecule has 2 aliphatic rings. The second-order valence-electron chi connectivity index (χ2n) is 7.36. The van der Waals surface area contributed by atoms with Crippen LogP contribution in [0.1, 0.15) is 103 Å². The number of rotatable bonds is 2. The van der Waals surface area contributed by atoms with Crippen molar-refractivity contribution in [3.05, 3.63) is 0 Å². The third-order valence-corrected chi connectivity index (χ3v) is 5.51. The molecule has 0 aromatic heterocycles. The molecule has 2 rings (SSSR count). The first kappa shape index (κ1) is 16.8. The topological polar surface area (TPSA) is 35.8 Å². The van der Waals surface area contributed by atoms with Gasteiger partial charge in [0, 0.05) is 6.04 Å². The molecule has 2 fully saturated rings. The van der Waals surface area contributed by atoms with E-state index in [0.717, 1.165) is 12.8 Å². The van der Waals surface area contributed by atoms with E-state index in [0.29, 0.717) is 6.04 Å². The minimum Gasteiger partial charge on any atom is -0.297 e. The number of nitrogens with one attached hydrogen (secondary N) is 1. The Labute approximate surface area is 131 Å². The van der Waals surface area contributed by atoms with Crippen molar-refractivity contribution >= 4 is 0 Å². The third-order valence-electron chi connectivity index (χ3n) is 5.51. The Bertz CT molecular complexity index is 300. The van der Waals surface area contributed by atoms with Gasteiger partial charge in [-0.15, -0.1) is 0 Å². The number of hydrogen-bond acceptors (Lipinski definition) is 2. The molecule has 0 atom stereocenters. The van der Waals surface area contributed by atoms with Crippen molar-refractivity contribution < 1.29 is 0 Å². The molecule has 0 aromatic carbocycles. The van der Waals surface area contributed by atoms with Crippen LogP contribution in [0, 0.1) is 11.3 Å². The maximum atomic E-state index is 9.86. The second-order valence-corrected chi connectivity index (χ2v) is 7.36. The fourth-order valence-electron chi connectivity index (χ4n) is 4.14. The zero-order valence-corrected chi connectivity index (χ0v) is 13.8. The molecule has 0 bridgehead atoms. The maximum absolute atomic E-state index is 9.86. The molecule has 0 aliphatic heterocycles. The van der Waals surface area contributed by atoms with E-state index in [2.05, 4.69) is 11.4 Å². The highest BCUT2D eigenvalue weighted by molar-refractivity contribution is 5.08. The molecule has 0 amide bonds. The van der Waals surface area contributed by atoms with Crippen molar-refractivity contribution in [2.45, 2.75) is 114 Å². The molecule has 1 N–H and O–H groups in total. The Morgan fingerprint density at radius 2 is 1.10 bits per heavy atom. The van der Waals surface area contributed by atoms with E-state index in [1.807, 2.05) is 0 Å². The maximum Gasteiger partial charge on any atom is 0.106 e. The lowest BCUT2D eigenvalue weighted by molar-refractivity contribution is 0.257. The van der Waals surface area contributed by atoms with E-state index in [-0.39, 0.29) is 5.54 Å². The first-order valence-electron chi connectivity index (χ1n) is 9.54. The van der Waals surface area contributed by atoms with Crippen LogP contribution in [0.25, 0.3) is 0 Å². The van der Waals surface area contributed by atoms with Crippen LogP contribution >= 0.6 is 0 Å². The Balaban J connectivity index is 1.91. The summed E-state index contributed by atoms with van der Waals surface area (Å²) in [4.78, 5) is 0. The Morgan fingerprint density at radius 1 is 0.667 bits per heavy atom. The molecule has 0 unspecified atom stereocenters. The smallest absolute Gasteiger partial charge is 0.106 e. The molecular formula is C19H34N2. The van der Waals surface area contributed by atoms with E-state index < -0.39 is 0 Å². The normalized spacial score (nSPS) is 26.2. The minimum atomic E-state index is -0.221. The lowest BCUT2D eigenvalue weighted by atomic mass is 9.84. The van der Waals surface area contributed by atoms with Gasteiger partial charge in [0.2, 0.25) is 0 Å². The van der Waals surface area contributed by atoms with Crippen molar-refractivity contribution in [1.82, 2.24) is 5.32 Å². The van der Waals surface area contributed by atoms with Crippen molar-refractivity contribution in [3.8, 4) is 6.07 Å². The highest BCUT2D eigenvalue weighted by atomic mass is 15.0. The first-order valence-corrected chi connectivity index (χ1v) is 9.54. The van der Waals surface area contributed by atoms with E-state index >= 15 is 0 Å². The minimum absolute atomic E-state index is 0.221. The fourth-order valence-corrected chi connectivity index (χ4v) is 4.14. The van der Waals surface area contributed by atoms with E-state index in [1.165, 1.54) is 89.9 Å². The third kappa shape index (κ3) is 5.99. The molecule has 0 radical (unpaired) electrons. The summed E-state index contributed by atoms with van der Waals surface area (Å²) in [6, 6.07) is 3.31. The van der Waals surface area contributed by atoms with Gasteiger partial charge in [-0.2, -0.15) is 5.26 Å². The van der Waals surface area contributed by atoms with Gasteiger partial charge in [-0.3, -0.25) is 5.32 Å². The van der Waals surface area contributed by atoms with Gasteiger partial charge in [0.15, 0.2) is 0 Å². The van der Waals surface area contributed by atoms with Crippen molar-refractivity contribution in [2.75, 3.05) is 0 Å². The van der Waals surface area contributed by atoms with E-state index in [4.69, 9.17) is 0 Å². The zero-order chi connectivity index (χ0) is 14.8. The molecule has 0 aromatic rings. The van der Waals surface area contributed by atoms with E-state index in [1.54, 1.807) is 0 Å². The van der Waals surface area contributed by atoms with Gasteiger partial charge in [0.1, 0.15) is 5.54 Å². The molecule has 0 heterocycles. The molecule has 120 valence electrons. The van der Waals surface area contributed by atoms with Gasteiger partial charge in [0.25, 0.3) is 0 Å². The van der Waals surface area contributed by atoms with Crippen LogP contribution in [0.15, 0.2) is 0 Å². The quantitative estimate of drug-likeness (QED) is 0.731. The summed E-state index contributed by atoms with van der Waals surface area (Å²) in [6.07, 6.45) is 20.8. The van der Waals surface area contributed by atoms with Crippen LogP contribution in [0.4, 0.5) is 0 Å². The molecule has 21 heavy (non-hydrogen) atoms. The van der Waals surface area contributed by atoms with Crippen LogP contribution in [0.3, 0.4) is 0 Å². The predicted molar refractivity (Wildman–Crippen MR) is 89.1 cm³/mol. The number of hydrogen-bond donors (Lipinski definition) is 1. The molecule has 2 nitrogen and oxygen atoms in total. The number of nitrogens with zero attached hydrogens (tertiary/aromatic N) is 1. The van der Waals surface area contributed by atoms with Crippen LogP contribution < -0.4 is 5.32 Å². The Hall–Kier alpha value is -0.550. The molecule has 2 aliphatic carbocycles. The van der Waals surface area contributed by atoms with Gasteiger partial charge >= 0.3 is 0 Å². The van der Waals surface area contributed by atoms with Crippen LogP contribution in [0.5, 0.6) is 0 Å². The van der Waals surface area contributed by atoms with Crippen molar-refractivity contribution in [1.29, 1.82) is 5.26 Å². The van der Waals surface area contributed by atoms with Gasteiger partial charge in [-0.25, -0.2) is 0 Å². The molecular weight excluding hydrogens is 256 g/mol. The van der Waals surface area contributed by atoms with Gasteiger partial charge in [-0.1, -0.05) is 77.0 Å². The fraction of sp³-hybridized carbons (Fsp3) is 0.947. The molecule has 2 heteroatoms. The summed E-state index contributed by atoms with van der Waals surface area (Å²) < 4.78 is 0. The molecule has 0 saturated heterocycles. The van der Waals surface area contributed by atoms with Crippen LogP contribution in [0.2, 0.25) is 0 Å². The van der Waals surface area contributed by atoms with Crippen LogP contribution in [-0.2, 0) is 0 Å². The van der Waals surface area contributed by atoms with Gasteiger partial charge < -0.3 is 0 Å². The van der Waals surface area contributed by atoms with Gasteiger partial charge in [-0.05, 0) is 25.7 Å². The average Bonchev–Trinajstić information content (AvgIpc) is 2.51. The monoisotopic (exact) mass is 290 g/mol. The largest absolute Gasteiger partial charge is 0.297 e. The SMILES string of the molecule is N#CC1(NC2CCCCC2)CCCCCCCCCCC1. The van der Waals surface area contributed by atoms with Crippen molar-refractivity contribution in [2.24, 2.45) is 0 Å². The summed E-state index contributed by atoms with van der Waals surface area (Å²) in [5, 5.41) is 13.7. The average molecular weight is 290 g/mol. The lowest BCUT2D eigenvalue weighted by Gasteiger charge is -2.35. The van der Waals surface area contributed by atoms with E-state index in [9.17, 15) is 5.26 Å². The molecule has 0 spiro atoms. The zero-order valence-electron chi connectivity index (χ0n) is 13.8. The molecule has 2 saturated carbocycles. The number of nitriles is 1. The predicted octanol–water partition coefficient (Wildman–Crippen LogP) is 5.48. The standard InChI is InChI=1S/C19H34N2/c20-17-19(21-18-13-9-8-10-14-18)15-11-6-4-2-1-3-5-7-12-16-19/h18,21H,1-16H2. The second kappa shape index (κ2) is 9.46. The van der Waals surface area contributed by atoms with Crippen molar-refractivity contribution in [3.63, 3.8) is 0 Å². The van der Waals surface area contributed by atoms with Gasteiger partial charge in [0.05, 0.1) is 6.07 Å². The summed E-state index contributed by atoms with van der Waals surface area (Å²) in [5.74, 6) is 0. The summed E-state index contributed by atoms with van der Waals surface area (Å²) in [7, 11) is 0. The summed E-state index contributed by atoms with van der Waals surface area (Å²) in [5.41, 5.74) is -0.221. The lowest BCUT2D eigenvalue weighted by Crippen LogP contribution is -2.50. The highest BCUT2D eigenvalue weighted by Gasteiger charge is 2.32. The first-order chi connectivity index (χ1) is 10.3. The van der Waals surface area contributed by atoms with Crippen LogP contribution in [-0.4, -0.2) is 11.6 Å². The summed E-state index contributed by atoms with van der Waals surface area (Å²) >= 11 is 0. The Morgan fingerprint density at radius 3 is 1.57 bits per heavy atom. The Kier molecular flexibility index (Phi) is 7.58. The summed E-state index contributed by atoms with van der Waals surface area (Å²) in [6.45, 7) is 0. The highest BCUT2D eigenvalue weighted by Crippen LogP contribution is 2.28.